The number of piperazine rings is 1. The molecule has 1 aliphatic heterocycles. The number of benzene rings is 2. The summed E-state index contributed by atoms with van der Waals surface area (Å²) >= 11 is 0. The number of urea groups is 1. The van der Waals surface area contributed by atoms with Crippen molar-refractivity contribution in [3.05, 3.63) is 90.3 Å². The second-order valence-electron chi connectivity index (χ2n) is 7.34. The fraction of sp³-hybridized carbons (Fsp3) is 0.250. The van der Waals surface area contributed by atoms with Gasteiger partial charge in [-0.2, -0.15) is 0 Å². The maximum absolute atomic E-state index is 12.9. The lowest BCUT2D eigenvalue weighted by Gasteiger charge is -2.35. The van der Waals surface area contributed by atoms with Gasteiger partial charge in [0, 0.05) is 31.5 Å². The van der Waals surface area contributed by atoms with Gasteiger partial charge in [0.25, 0.3) is 0 Å². The lowest BCUT2D eigenvalue weighted by atomic mass is 10.0. The zero-order valence-corrected chi connectivity index (χ0v) is 19.3. The SMILES string of the molecule is Cl.Cl.O=C(Nc1ccc(Cc2ccccc2)cc1)N1CCNCC1COc1cccnc1. The number of nitrogens with one attached hydrogen (secondary N) is 2. The van der Waals surface area contributed by atoms with Gasteiger partial charge in [0.1, 0.15) is 12.4 Å². The number of pyridine rings is 1. The molecule has 2 heterocycles. The van der Waals surface area contributed by atoms with Crippen LogP contribution in [-0.2, 0) is 6.42 Å². The van der Waals surface area contributed by atoms with Crippen LogP contribution >= 0.6 is 24.8 Å². The Kier molecular flexibility index (Phi) is 10.3. The second kappa shape index (κ2) is 12.9. The van der Waals surface area contributed by atoms with E-state index in [4.69, 9.17) is 4.74 Å². The van der Waals surface area contributed by atoms with Crippen molar-refractivity contribution >= 4 is 36.5 Å². The predicted octanol–water partition coefficient (Wildman–Crippen LogP) is 4.40. The van der Waals surface area contributed by atoms with Gasteiger partial charge in [0.05, 0.1) is 12.2 Å². The van der Waals surface area contributed by atoms with Gasteiger partial charge >= 0.3 is 6.03 Å². The van der Waals surface area contributed by atoms with Crippen LogP contribution in [0.4, 0.5) is 10.5 Å². The first kappa shape index (κ1) is 25.5. The van der Waals surface area contributed by atoms with Crippen molar-refractivity contribution in [1.82, 2.24) is 15.2 Å². The van der Waals surface area contributed by atoms with Crippen molar-refractivity contribution in [2.45, 2.75) is 12.5 Å². The van der Waals surface area contributed by atoms with Gasteiger partial charge in [0.2, 0.25) is 0 Å². The number of hydrogen-bond donors (Lipinski definition) is 2. The molecule has 0 bridgehead atoms. The van der Waals surface area contributed by atoms with Crippen molar-refractivity contribution in [3.63, 3.8) is 0 Å². The Balaban J connectivity index is 0.00000181. The summed E-state index contributed by atoms with van der Waals surface area (Å²) in [4.78, 5) is 18.8. The van der Waals surface area contributed by atoms with E-state index >= 15 is 0 Å². The highest BCUT2D eigenvalue weighted by molar-refractivity contribution is 5.89. The first-order valence-electron chi connectivity index (χ1n) is 10.2. The van der Waals surface area contributed by atoms with Crippen LogP contribution in [0.5, 0.6) is 5.75 Å². The van der Waals surface area contributed by atoms with Gasteiger partial charge in [-0.3, -0.25) is 4.98 Å². The van der Waals surface area contributed by atoms with Crippen molar-refractivity contribution in [2.24, 2.45) is 0 Å². The molecule has 6 nitrogen and oxygen atoms in total. The Morgan fingerprint density at radius 3 is 2.50 bits per heavy atom. The number of ether oxygens (including phenoxy) is 1. The molecule has 1 unspecified atom stereocenters. The molecular formula is C24H28Cl2N4O2. The van der Waals surface area contributed by atoms with E-state index < -0.39 is 0 Å². The van der Waals surface area contributed by atoms with Crippen molar-refractivity contribution in [3.8, 4) is 5.75 Å². The summed E-state index contributed by atoms with van der Waals surface area (Å²) in [6.45, 7) is 2.53. The van der Waals surface area contributed by atoms with Gasteiger partial charge < -0.3 is 20.3 Å². The Morgan fingerprint density at radius 1 is 1.03 bits per heavy atom. The normalized spacial score (nSPS) is 15.1. The molecule has 2 aromatic carbocycles. The van der Waals surface area contributed by atoms with Gasteiger partial charge in [-0.05, 0) is 41.8 Å². The van der Waals surface area contributed by atoms with Crippen LogP contribution in [0.3, 0.4) is 0 Å². The summed E-state index contributed by atoms with van der Waals surface area (Å²) in [6, 6.07) is 21.9. The molecule has 0 radical (unpaired) electrons. The zero-order valence-electron chi connectivity index (χ0n) is 17.6. The number of anilines is 1. The highest BCUT2D eigenvalue weighted by Gasteiger charge is 2.27. The van der Waals surface area contributed by atoms with Crippen LogP contribution in [0.2, 0.25) is 0 Å². The first-order chi connectivity index (χ1) is 14.8. The number of halogens is 2. The van der Waals surface area contributed by atoms with Gasteiger partial charge in [-0.1, -0.05) is 42.5 Å². The maximum Gasteiger partial charge on any atom is 0.322 e. The molecule has 0 spiro atoms. The van der Waals surface area contributed by atoms with Crippen LogP contribution in [0.15, 0.2) is 79.1 Å². The Hall–Kier alpha value is -2.80. The highest BCUT2D eigenvalue weighted by Crippen LogP contribution is 2.16. The lowest BCUT2D eigenvalue weighted by molar-refractivity contribution is 0.133. The monoisotopic (exact) mass is 474 g/mol. The van der Waals surface area contributed by atoms with E-state index in [2.05, 4.69) is 39.9 Å². The quantitative estimate of drug-likeness (QED) is 0.555. The minimum atomic E-state index is -0.105. The van der Waals surface area contributed by atoms with Crippen LogP contribution in [0.1, 0.15) is 11.1 Å². The number of aromatic nitrogens is 1. The molecule has 32 heavy (non-hydrogen) atoms. The molecule has 2 N–H and O–H groups in total. The molecule has 4 rings (SSSR count). The van der Waals surface area contributed by atoms with Crippen molar-refractivity contribution in [1.29, 1.82) is 0 Å². The van der Waals surface area contributed by atoms with E-state index in [-0.39, 0.29) is 36.9 Å². The average Bonchev–Trinajstić information content (AvgIpc) is 2.80. The van der Waals surface area contributed by atoms with Crippen LogP contribution in [0, 0.1) is 0 Å². The molecule has 1 saturated heterocycles. The number of rotatable bonds is 6. The van der Waals surface area contributed by atoms with E-state index in [9.17, 15) is 4.79 Å². The molecule has 1 aromatic heterocycles. The summed E-state index contributed by atoms with van der Waals surface area (Å²) < 4.78 is 5.82. The van der Waals surface area contributed by atoms with Crippen molar-refractivity contribution in [2.75, 3.05) is 31.6 Å². The number of carbonyl (C=O) groups excluding carboxylic acids is 1. The Bertz CT molecular complexity index is 943. The first-order valence-corrected chi connectivity index (χ1v) is 10.2. The zero-order chi connectivity index (χ0) is 20.6. The summed E-state index contributed by atoms with van der Waals surface area (Å²) in [6.07, 6.45) is 4.26. The molecule has 2 amide bonds. The minimum Gasteiger partial charge on any atom is -0.490 e. The predicted molar refractivity (Wildman–Crippen MR) is 132 cm³/mol. The topological polar surface area (TPSA) is 66.5 Å². The van der Waals surface area contributed by atoms with E-state index in [1.54, 1.807) is 12.4 Å². The standard InChI is InChI=1S/C24H26N4O2.2ClH/c29-24(27-21-10-8-20(9-11-21)15-19-5-2-1-3-6-19)28-14-13-26-16-22(28)18-30-23-7-4-12-25-17-23;;/h1-12,17,22,26H,13-16,18H2,(H,27,29);2*1H. The molecule has 0 aliphatic carbocycles. The van der Waals surface area contributed by atoms with Gasteiger partial charge in [-0.15, -0.1) is 24.8 Å². The molecule has 170 valence electrons. The number of amides is 2. The van der Waals surface area contributed by atoms with E-state index in [1.165, 1.54) is 11.1 Å². The lowest BCUT2D eigenvalue weighted by Crippen LogP contribution is -2.57. The van der Waals surface area contributed by atoms with Crippen molar-refractivity contribution < 1.29 is 9.53 Å². The summed E-state index contributed by atoms with van der Waals surface area (Å²) in [7, 11) is 0. The third-order valence-corrected chi connectivity index (χ3v) is 5.14. The molecule has 1 fully saturated rings. The minimum absolute atomic E-state index is 0. The molecule has 8 heteroatoms. The van der Waals surface area contributed by atoms with Crippen LogP contribution in [0.25, 0.3) is 0 Å². The molecular weight excluding hydrogens is 447 g/mol. The van der Waals surface area contributed by atoms with Gasteiger partial charge in [0.15, 0.2) is 0 Å². The second-order valence-corrected chi connectivity index (χ2v) is 7.34. The molecule has 0 saturated carbocycles. The molecule has 3 aromatic rings. The van der Waals surface area contributed by atoms with Gasteiger partial charge in [-0.25, -0.2) is 4.79 Å². The third kappa shape index (κ3) is 7.12. The van der Waals surface area contributed by atoms with E-state index in [0.29, 0.717) is 25.4 Å². The largest absolute Gasteiger partial charge is 0.490 e. The fourth-order valence-corrected chi connectivity index (χ4v) is 3.53. The van der Waals surface area contributed by atoms with Crippen LogP contribution < -0.4 is 15.4 Å². The summed E-state index contributed by atoms with van der Waals surface area (Å²) in [5.74, 6) is 0.706. The fourth-order valence-electron chi connectivity index (χ4n) is 3.53. The Labute approximate surface area is 201 Å². The average molecular weight is 475 g/mol. The summed E-state index contributed by atoms with van der Waals surface area (Å²) in [5, 5.41) is 6.36. The van der Waals surface area contributed by atoms with Crippen LogP contribution in [-0.4, -0.2) is 48.2 Å². The smallest absolute Gasteiger partial charge is 0.322 e. The number of nitrogens with zero attached hydrogens (tertiary/aromatic N) is 2. The third-order valence-electron chi connectivity index (χ3n) is 5.14. The molecule has 1 atom stereocenters. The molecule has 1 aliphatic rings. The van der Waals surface area contributed by atoms with E-state index in [0.717, 1.165) is 18.7 Å². The maximum atomic E-state index is 12.9. The highest BCUT2D eigenvalue weighted by atomic mass is 35.5. The van der Waals surface area contributed by atoms with E-state index in [1.807, 2.05) is 47.4 Å². The summed E-state index contributed by atoms with van der Waals surface area (Å²) in [5.41, 5.74) is 3.28. The number of carbonyl (C=O) groups is 1. The number of hydrogen-bond acceptors (Lipinski definition) is 4. The Morgan fingerprint density at radius 2 is 1.78 bits per heavy atom.